The second-order valence-electron chi connectivity index (χ2n) is 3.47. The van der Waals surface area contributed by atoms with Gasteiger partial charge in [0.15, 0.2) is 0 Å². The smallest absolute Gasteiger partial charge is 0.251 e. The molecule has 0 aliphatic rings. The lowest BCUT2D eigenvalue weighted by atomic mass is 10.2. The zero-order valence-corrected chi connectivity index (χ0v) is 10.0. The predicted octanol–water partition coefficient (Wildman–Crippen LogP) is 2.06. The van der Waals surface area contributed by atoms with Crippen molar-refractivity contribution in [1.82, 2.24) is 5.32 Å². The molecule has 0 fully saturated rings. The third-order valence-electron chi connectivity index (χ3n) is 2.20. The molecule has 4 heteroatoms. The number of rotatable bonds is 6. The predicted molar refractivity (Wildman–Crippen MR) is 64.9 cm³/mol. The lowest BCUT2D eigenvalue weighted by Crippen LogP contribution is -2.38. The van der Waals surface area contributed by atoms with Crippen LogP contribution in [-0.4, -0.2) is 31.5 Å². The summed E-state index contributed by atoms with van der Waals surface area (Å²) in [6, 6.07) is 9.07. The molecular weight excluding hydrogens is 226 g/mol. The molecular formula is C12H16ClNO2. The summed E-state index contributed by atoms with van der Waals surface area (Å²) < 4.78 is 5.02. The van der Waals surface area contributed by atoms with Crippen LogP contribution in [0.1, 0.15) is 16.8 Å². The number of alkyl halides is 1. The maximum absolute atomic E-state index is 11.8. The Morgan fingerprint density at radius 2 is 2.12 bits per heavy atom. The topological polar surface area (TPSA) is 38.3 Å². The highest BCUT2D eigenvalue weighted by atomic mass is 35.5. The standard InChI is InChI=1S/C12H16ClNO2/c1-16-9-11(7-8-13)14-12(15)10-5-3-2-4-6-10/h2-6,11H,7-9H2,1H3,(H,14,15). The summed E-state index contributed by atoms with van der Waals surface area (Å²) in [5.41, 5.74) is 0.651. The Labute approximate surface area is 101 Å². The van der Waals surface area contributed by atoms with Gasteiger partial charge in [0.2, 0.25) is 0 Å². The number of halogens is 1. The highest BCUT2D eigenvalue weighted by molar-refractivity contribution is 6.17. The summed E-state index contributed by atoms with van der Waals surface area (Å²) in [5.74, 6) is 0.413. The summed E-state index contributed by atoms with van der Waals surface area (Å²) in [5, 5.41) is 2.89. The second kappa shape index (κ2) is 7.25. The van der Waals surface area contributed by atoms with Gasteiger partial charge in [0, 0.05) is 18.6 Å². The molecule has 1 amide bonds. The fraction of sp³-hybridized carbons (Fsp3) is 0.417. The van der Waals surface area contributed by atoms with Gasteiger partial charge in [-0.15, -0.1) is 11.6 Å². The minimum absolute atomic E-state index is 0.0322. The monoisotopic (exact) mass is 241 g/mol. The summed E-state index contributed by atoms with van der Waals surface area (Å²) >= 11 is 5.65. The molecule has 1 N–H and O–H groups in total. The Kier molecular flexibility index (Phi) is 5.90. The van der Waals surface area contributed by atoms with E-state index in [1.54, 1.807) is 19.2 Å². The average Bonchev–Trinajstić information content (AvgIpc) is 2.31. The van der Waals surface area contributed by atoms with Crippen molar-refractivity contribution in [2.45, 2.75) is 12.5 Å². The summed E-state index contributed by atoms with van der Waals surface area (Å²) in [6.07, 6.45) is 0.702. The Balaban J connectivity index is 2.54. The summed E-state index contributed by atoms with van der Waals surface area (Å²) in [4.78, 5) is 11.8. The van der Waals surface area contributed by atoms with Gasteiger partial charge < -0.3 is 10.1 Å². The van der Waals surface area contributed by atoms with Gasteiger partial charge in [0.1, 0.15) is 0 Å². The van der Waals surface area contributed by atoms with E-state index in [9.17, 15) is 4.79 Å². The molecule has 1 aromatic carbocycles. The number of carbonyl (C=O) groups excluding carboxylic acids is 1. The molecule has 0 bridgehead atoms. The van der Waals surface area contributed by atoms with Crippen LogP contribution in [0.2, 0.25) is 0 Å². The zero-order valence-electron chi connectivity index (χ0n) is 9.28. The van der Waals surface area contributed by atoms with Crippen molar-refractivity contribution in [3.05, 3.63) is 35.9 Å². The van der Waals surface area contributed by atoms with Crippen molar-refractivity contribution in [1.29, 1.82) is 0 Å². The van der Waals surface area contributed by atoms with E-state index in [1.807, 2.05) is 18.2 Å². The normalized spacial score (nSPS) is 12.1. The minimum atomic E-state index is -0.0900. The van der Waals surface area contributed by atoms with Gasteiger partial charge in [-0.1, -0.05) is 18.2 Å². The van der Waals surface area contributed by atoms with Crippen molar-refractivity contribution < 1.29 is 9.53 Å². The first-order valence-electron chi connectivity index (χ1n) is 5.18. The van der Waals surface area contributed by atoms with Crippen LogP contribution < -0.4 is 5.32 Å². The second-order valence-corrected chi connectivity index (χ2v) is 3.85. The SMILES string of the molecule is COCC(CCCl)NC(=O)c1ccccc1. The third kappa shape index (κ3) is 4.21. The van der Waals surface area contributed by atoms with E-state index < -0.39 is 0 Å². The van der Waals surface area contributed by atoms with E-state index in [0.29, 0.717) is 24.5 Å². The van der Waals surface area contributed by atoms with Crippen molar-refractivity contribution in [2.75, 3.05) is 19.6 Å². The number of carbonyl (C=O) groups is 1. The Morgan fingerprint density at radius 3 is 2.69 bits per heavy atom. The molecule has 1 rings (SSSR count). The number of methoxy groups -OCH3 is 1. The van der Waals surface area contributed by atoms with Crippen LogP contribution in [0.4, 0.5) is 0 Å². The van der Waals surface area contributed by atoms with Gasteiger partial charge in [-0.05, 0) is 18.6 Å². The van der Waals surface area contributed by atoms with Crippen LogP contribution in [0.5, 0.6) is 0 Å². The maximum Gasteiger partial charge on any atom is 0.251 e. The van der Waals surface area contributed by atoms with Crippen molar-refractivity contribution in [2.24, 2.45) is 0 Å². The van der Waals surface area contributed by atoms with E-state index in [-0.39, 0.29) is 11.9 Å². The lowest BCUT2D eigenvalue weighted by molar-refractivity contribution is 0.0895. The first kappa shape index (κ1) is 13.0. The van der Waals surface area contributed by atoms with Crippen LogP contribution in [0.3, 0.4) is 0 Å². The number of amides is 1. The third-order valence-corrected chi connectivity index (χ3v) is 2.41. The maximum atomic E-state index is 11.8. The molecule has 0 spiro atoms. The van der Waals surface area contributed by atoms with E-state index in [1.165, 1.54) is 0 Å². The quantitative estimate of drug-likeness (QED) is 0.775. The van der Waals surface area contributed by atoms with Gasteiger partial charge in [-0.2, -0.15) is 0 Å². The molecule has 16 heavy (non-hydrogen) atoms. The van der Waals surface area contributed by atoms with Crippen LogP contribution in [0.15, 0.2) is 30.3 Å². The lowest BCUT2D eigenvalue weighted by Gasteiger charge is -2.16. The number of nitrogens with one attached hydrogen (secondary N) is 1. The molecule has 1 aromatic rings. The van der Waals surface area contributed by atoms with Gasteiger partial charge in [0.05, 0.1) is 12.6 Å². The molecule has 0 saturated carbocycles. The van der Waals surface area contributed by atoms with E-state index >= 15 is 0 Å². The van der Waals surface area contributed by atoms with Crippen LogP contribution >= 0.6 is 11.6 Å². The molecule has 0 aliphatic carbocycles. The summed E-state index contributed by atoms with van der Waals surface area (Å²) in [6.45, 7) is 0.477. The van der Waals surface area contributed by atoms with Crippen LogP contribution in [0, 0.1) is 0 Å². The molecule has 0 heterocycles. The first-order chi connectivity index (χ1) is 7.77. The number of hydrogen-bond acceptors (Lipinski definition) is 2. The van der Waals surface area contributed by atoms with Gasteiger partial charge in [-0.25, -0.2) is 0 Å². The first-order valence-corrected chi connectivity index (χ1v) is 5.72. The van der Waals surface area contributed by atoms with Gasteiger partial charge in [-0.3, -0.25) is 4.79 Å². The van der Waals surface area contributed by atoms with Crippen LogP contribution in [-0.2, 0) is 4.74 Å². The van der Waals surface area contributed by atoms with E-state index in [2.05, 4.69) is 5.32 Å². The Bertz CT molecular complexity index is 310. The largest absolute Gasteiger partial charge is 0.383 e. The van der Waals surface area contributed by atoms with E-state index in [0.717, 1.165) is 0 Å². The van der Waals surface area contributed by atoms with Crippen molar-refractivity contribution in [3.63, 3.8) is 0 Å². The fourth-order valence-electron chi connectivity index (χ4n) is 1.39. The van der Waals surface area contributed by atoms with E-state index in [4.69, 9.17) is 16.3 Å². The summed E-state index contributed by atoms with van der Waals surface area (Å²) in [7, 11) is 1.61. The van der Waals surface area contributed by atoms with Gasteiger partial charge in [0.25, 0.3) is 5.91 Å². The molecule has 1 unspecified atom stereocenters. The highest BCUT2D eigenvalue weighted by Crippen LogP contribution is 2.01. The number of ether oxygens (including phenoxy) is 1. The molecule has 3 nitrogen and oxygen atoms in total. The molecule has 0 radical (unpaired) electrons. The minimum Gasteiger partial charge on any atom is -0.383 e. The molecule has 0 aliphatic heterocycles. The highest BCUT2D eigenvalue weighted by Gasteiger charge is 2.12. The van der Waals surface area contributed by atoms with Crippen LogP contribution in [0.25, 0.3) is 0 Å². The Morgan fingerprint density at radius 1 is 1.44 bits per heavy atom. The number of benzene rings is 1. The van der Waals surface area contributed by atoms with Crippen molar-refractivity contribution >= 4 is 17.5 Å². The Hall–Kier alpha value is -1.06. The molecule has 1 atom stereocenters. The average molecular weight is 242 g/mol. The number of hydrogen-bond donors (Lipinski definition) is 1. The van der Waals surface area contributed by atoms with Gasteiger partial charge >= 0.3 is 0 Å². The molecule has 88 valence electrons. The van der Waals surface area contributed by atoms with Crippen molar-refractivity contribution in [3.8, 4) is 0 Å². The fourth-order valence-corrected chi connectivity index (χ4v) is 1.65. The molecule has 0 saturated heterocycles. The zero-order chi connectivity index (χ0) is 11.8. The molecule has 0 aromatic heterocycles.